The summed E-state index contributed by atoms with van der Waals surface area (Å²) in [6.07, 6.45) is 1.52. The summed E-state index contributed by atoms with van der Waals surface area (Å²) in [6.45, 7) is 8.40. The molecule has 4 rings (SSSR count). The second-order valence-electron chi connectivity index (χ2n) is 8.60. The molecule has 0 unspecified atom stereocenters. The average molecular weight is 449 g/mol. The monoisotopic (exact) mass is 448 g/mol. The highest BCUT2D eigenvalue weighted by molar-refractivity contribution is 7.92. The number of hydrogen-bond acceptors (Lipinski definition) is 3. The first kappa shape index (κ1) is 22.1. The molecule has 0 fully saturated rings. The van der Waals surface area contributed by atoms with Crippen molar-refractivity contribution in [2.24, 2.45) is 0 Å². The van der Waals surface area contributed by atoms with E-state index in [0.29, 0.717) is 17.8 Å². The smallest absolute Gasteiger partial charge is 0.261 e. The number of nitrogens with zero attached hydrogens (tertiary/aromatic N) is 1. The van der Waals surface area contributed by atoms with Gasteiger partial charge in [0.05, 0.1) is 10.6 Å². The predicted octanol–water partition coefficient (Wildman–Crippen LogP) is 5.31. The summed E-state index contributed by atoms with van der Waals surface area (Å²) in [5.74, 6) is -0.0643. The minimum Gasteiger partial charge on any atom is -0.308 e. The lowest BCUT2D eigenvalue weighted by Crippen LogP contribution is -2.35. The maximum absolute atomic E-state index is 13.2. The van der Waals surface area contributed by atoms with Gasteiger partial charge >= 0.3 is 0 Å². The summed E-state index contributed by atoms with van der Waals surface area (Å²) in [5, 5.41) is 0. The summed E-state index contributed by atoms with van der Waals surface area (Å²) in [6, 6.07) is 16.5. The number of sulfonamides is 1. The fourth-order valence-electron chi connectivity index (χ4n) is 4.34. The van der Waals surface area contributed by atoms with Gasteiger partial charge in [-0.25, -0.2) is 8.42 Å². The van der Waals surface area contributed by atoms with Crippen molar-refractivity contribution < 1.29 is 13.2 Å². The van der Waals surface area contributed by atoms with E-state index < -0.39 is 10.0 Å². The molecule has 3 aromatic carbocycles. The first-order valence-corrected chi connectivity index (χ1v) is 12.3. The molecule has 0 aliphatic carbocycles. The Morgan fingerprint density at radius 3 is 2.19 bits per heavy atom. The van der Waals surface area contributed by atoms with Crippen LogP contribution in [0, 0.1) is 27.7 Å². The maximum atomic E-state index is 13.2. The van der Waals surface area contributed by atoms with E-state index >= 15 is 0 Å². The Morgan fingerprint density at radius 1 is 0.875 bits per heavy atom. The molecule has 1 N–H and O–H groups in total. The van der Waals surface area contributed by atoms with Crippen molar-refractivity contribution in [2.45, 2.75) is 45.4 Å². The largest absolute Gasteiger partial charge is 0.308 e. The van der Waals surface area contributed by atoms with Crippen molar-refractivity contribution in [1.29, 1.82) is 0 Å². The van der Waals surface area contributed by atoms with Crippen LogP contribution in [-0.2, 0) is 16.4 Å². The summed E-state index contributed by atoms with van der Waals surface area (Å²) in [5.41, 5.74) is 6.87. The molecule has 6 heteroatoms. The van der Waals surface area contributed by atoms with Crippen LogP contribution < -0.4 is 9.62 Å². The second-order valence-corrected chi connectivity index (χ2v) is 10.3. The van der Waals surface area contributed by atoms with E-state index in [2.05, 4.69) is 4.72 Å². The Morgan fingerprint density at radius 2 is 1.53 bits per heavy atom. The van der Waals surface area contributed by atoms with Crippen molar-refractivity contribution >= 4 is 27.3 Å². The summed E-state index contributed by atoms with van der Waals surface area (Å²) in [7, 11) is -3.75. The number of aryl methyl sites for hydroxylation is 5. The molecule has 0 bridgehead atoms. The first-order valence-electron chi connectivity index (χ1n) is 10.8. The highest BCUT2D eigenvalue weighted by Crippen LogP contribution is 2.32. The van der Waals surface area contributed by atoms with Crippen molar-refractivity contribution in [3.63, 3.8) is 0 Å². The van der Waals surface area contributed by atoms with Crippen LogP contribution in [0.5, 0.6) is 0 Å². The zero-order valence-electron chi connectivity index (χ0n) is 18.9. The second kappa shape index (κ2) is 8.43. The Labute approximate surface area is 190 Å². The molecular weight excluding hydrogens is 420 g/mol. The van der Waals surface area contributed by atoms with E-state index in [9.17, 15) is 13.2 Å². The molecule has 0 radical (unpaired) electrons. The summed E-state index contributed by atoms with van der Waals surface area (Å²) in [4.78, 5) is 15.1. The molecule has 0 spiro atoms. The maximum Gasteiger partial charge on any atom is 0.261 e. The van der Waals surface area contributed by atoms with E-state index in [0.717, 1.165) is 46.3 Å². The molecule has 32 heavy (non-hydrogen) atoms. The molecule has 1 aliphatic heterocycles. The van der Waals surface area contributed by atoms with Gasteiger partial charge in [0, 0.05) is 17.8 Å². The molecule has 166 valence electrons. The van der Waals surface area contributed by atoms with E-state index in [4.69, 9.17) is 0 Å². The van der Waals surface area contributed by atoms with Gasteiger partial charge in [-0.1, -0.05) is 35.4 Å². The van der Waals surface area contributed by atoms with Crippen molar-refractivity contribution in [1.82, 2.24) is 0 Å². The van der Waals surface area contributed by atoms with Gasteiger partial charge in [-0.2, -0.15) is 0 Å². The molecule has 0 atom stereocenters. The van der Waals surface area contributed by atoms with Crippen LogP contribution in [0.25, 0.3) is 0 Å². The fraction of sp³-hybridized carbons (Fsp3) is 0.269. The molecule has 1 amide bonds. The molecule has 1 aliphatic rings. The number of carbonyl (C=O) groups is 1. The predicted molar refractivity (Wildman–Crippen MR) is 129 cm³/mol. The van der Waals surface area contributed by atoms with Crippen molar-refractivity contribution in [3.05, 3.63) is 88.0 Å². The lowest BCUT2D eigenvalue weighted by Gasteiger charge is -2.30. The van der Waals surface area contributed by atoms with Gasteiger partial charge in [-0.15, -0.1) is 0 Å². The Bertz CT molecular complexity index is 1270. The van der Waals surface area contributed by atoms with Crippen molar-refractivity contribution in [2.75, 3.05) is 16.2 Å². The SMILES string of the molecule is Cc1ccc(C(=O)N2CCCc3cc(S(=O)(=O)Nc4c(C)cc(C)cc4C)ccc32)cc1. The van der Waals surface area contributed by atoms with Gasteiger partial charge < -0.3 is 4.90 Å². The van der Waals surface area contributed by atoms with Crippen LogP contribution in [0.3, 0.4) is 0 Å². The topological polar surface area (TPSA) is 66.5 Å². The highest BCUT2D eigenvalue weighted by Gasteiger charge is 2.26. The molecule has 5 nitrogen and oxygen atoms in total. The van der Waals surface area contributed by atoms with E-state index in [1.54, 1.807) is 23.1 Å². The third-order valence-electron chi connectivity index (χ3n) is 5.94. The molecule has 1 heterocycles. The number of nitrogens with one attached hydrogen (secondary N) is 1. The lowest BCUT2D eigenvalue weighted by atomic mass is 10.0. The normalized spacial score (nSPS) is 13.6. The van der Waals surface area contributed by atoms with Gasteiger partial charge in [0.25, 0.3) is 15.9 Å². The molecular formula is C26H28N2O3S. The minimum absolute atomic E-state index is 0.0643. The van der Waals surface area contributed by atoms with Gasteiger partial charge in [0.15, 0.2) is 0 Å². The van der Waals surface area contributed by atoms with Crippen LogP contribution in [-0.4, -0.2) is 20.9 Å². The standard InChI is InChI=1S/C26H28N2O3S/c1-17-7-9-21(10-8-17)26(29)28-13-5-6-22-16-23(11-12-24(22)28)32(30,31)27-25-19(3)14-18(2)15-20(25)4/h7-12,14-16,27H,5-6,13H2,1-4H3. The first-order chi connectivity index (χ1) is 15.2. The van der Waals surface area contributed by atoms with E-state index in [1.165, 1.54) is 0 Å². The van der Waals surface area contributed by atoms with Crippen molar-refractivity contribution in [3.8, 4) is 0 Å². The van der Waals surface area contributed by atoms with E-state index in [-0.39, 0.29) is 10.8 Å². The number of carbonyl (C=O) groups excluding carboxylic acids is 1. The third kappa shape index (κ3) is 4.28. The molecule has 0 saturated heterocycles. The van der Waals surface area contributed by atoms with E-state index in [1.807, 2.05) is 64.1 Å². The average Bonchev–Trinajstić information content (AvgIpc) is 2.75. The zero-order chi connectivity index (χ0) is 23.0. The van der Waals surface area contributed by atoms with Crippen LogP contribution >= 0.6 is 0 Å². The zero-order valence-corrected chi connectivity index (χ0v) is 19.7. The lowest BCUT2D eigenvalue weighted by molar-refractivity contribution is 0.0985. The third-order valence-corrected chi connectivity index (χ3v) is 7.28. The minimum atomic E-state index is -3.75. The van der Waals surface area contributed by atoms with Gasteiger partial charge in [0.1, 0.15) is 0 Å². The summed E-state index contributed by atoms with van der Waals surface area (Å²) < 4.78 is 29.1. The molecule has 3 aromatic rings. The molecule has 0 aromatic heterocycles. The van der Waals surface area contributed by atoms with Gasteiger partial charge in [-0.3, -0.25) is 9.52 Å². The number of anilines is 2. The quantitative estimate of drug-likeness (QED) is 0.588. The number of amides is 1. The number of fused-ring (bicyclic) bond motifs is 1. The highest BCUT2D eigenvalue weighted by atomic mass is 32.2. The van der Waals surface area contributed by atoms with Crippen LogP contribution in [0.15, 0.2) is 59.5 Å². The van der Waals surface area contributed by atoms with Crippen LogP contribution in [0.1, 0.15) is 44.6 Å². The van der Waals surface area contributed by atoms with Gasteiger partial charge in [0.2, 0.25) is 0 Å². The number of benzene rings is 3. The summed E-state index contributed by atoms with van der Waals surface area (Å²) >= 11 is 0. The molecule has 0 saturated carbocycles. The Balaban J connectivity index is 1.65. The Hall–Kier alpha value is -3.12. The van der Waals surface area contributed by atoms with Crippen LogP contribution in [0.2, 0.25) is 0 Å². The van der Waals surface area contributed by atoms with Gasteiger partial charge in [-0.05, 0) is 87.6 Å². The number of hydrogen-bond donors (Lipinski definition) is 1. The van der Waals surface area contributed by atoms with Crippen LogP contribution in [0.4, 0.5) is 11.4 Å². The Kier molecular flexibility index (Phi) is 5.82. The fourth-order valence-corrected chi connectivity index (χ4v) is 5.59. The number of rotatable bonds is 4.